The summed E-state index contributed by atoms with van der Waals surface area (Å²) in [6.07, 6.45) is 0. The van der Waals surface area contributed by atoms with E-state index in [-0.39, 0.29) is 17.6 Å². The Kier molecular flexibility index (Phi) is 4.59. The van der Waals surface area contributed by atoms with Gasteiger partial charge in [0.2, 0.25) is 0 Å². The molecule has 1 fully saturated rings. The molecule has 0 amide bonds. The molecule has 0 bridgehead atoms. The van der Waals surface area contributed by atoms with Crippen molar-refractivity contribution in [2.45, 2.75) is 6.04 Å². The van der Waals surface area contributed by atoms with Crippen LogP contribution in [-0.2, 0) is 0 Å². The summed E-state index contributed by atoms with van der Waals surface area (Å²) in [5, 5.41) is 15.6. The predicted octanol–water partition coefficient (Wildman–Crippen LogP) is 3.35. The standard InChI is InChI=1S/C15H16BrFN2OS/c16-10-3-4-11(17)13(15(10)20)14(12-2-1-9-21-12)19-7-5-18-6-8-19/h1-4,9,14,18,20H,5-8H2/t14-/m0/s1. The van der Waals surface area contributed by atoms with E-state index in [9.17, 15) is 9.50 Å². The minimum atomic E-state index is -0.368. The van der Waals surface area contributed by atoms with Crippen molar-refractivity contribution in [3.8, 4) is 5.75 Å². The first-order valence-electron chi connectivity index (χ1n) is 6.83. The summed E-state index contributed by atoms with van der Waals surface area (Å²) in [7, 11) is 0. The number of rotatable bonds is 3. The van der Waals surface area contributed by atoms with Gasteiger partial charge in [-0.15, -0.1) is 11.3 Å². The van der Waals surface area contributed by atoms with Crippen molar-refractivity contribution >= 4 is 27.3 Å². The van der Waals surface area contributed by atoms with Crippen molar-refractivity contribution in [2.75, 3.05) is 26.2 Å². The molecule has 1 aromatic carbocycles. The molecule has 2 heterocycles. The zero-order valence-electron chi connectivity index (χ0n) is 11.4. The molecular weight excluding hydrogens is 355 g/mol. The highest BCUT2D eigenvalue weighted by atomic mass is 79.9. The van der Waals surface area contributed by atoms with Crippen LogP contribution in [0.15, 0.2) is 34.1 Å². The van der Waals surface area contributed by atoms with Gasteiger partial charge in [0.05, 0.1) is 16.1 Å². The topological polar surface area (TPSA) is 35.5 Å². The lowest BCUT2D eigenvalue weighted by Crippen LogP contribution is -2.45. The van der Waals surface area contributed by atoms with E-state index >= 15 is 0 Å². The van der Waals surface area contributed by atoms with Gasteiger partial charge in [0.15, 0.2) is 0 Å². The van der Waals surface area contributed by atoms with Gasteiger partial charge < -0.3 is 10.4 Å². The highest BCUT2D eigenvalue weighted by Gasteiger charge is 2.30. The number of hydrogen-bond donors (Lipinski definition) is 2. The average Bonchev–Trinajstić information content (AvgIpc) is 3.02. The zero-order chi connectivity index (χ0) is 14.8. The molecule has 1 aliphatic rings. The highest BCUT2D eigenvalue weighted by Crippen LogP contribution is 2.41. The summed E-state index contributed by atoms with van der Waals surface area (Å²) in [5.41, 5.74) is 0.355. The Morgan fingerprint density at radius 3 is 2.71 bits per heavy atom. The van der Waals surface area contributed by atoms with Crippen LogP contribution >= 0.6 is 27.3 Å². The maximum Gasteiger partial charge on any atom is 0.137 e. The Labute approximate surface area is 135 Å². The van der Waals surface area contributed by atoms with Gasteiger partial charge in [0, 0.05) is 31.1 Å². The molecule has 112 valence electrons. The molecule has 1 saturated heterocycles. The first-order chi connectivity index (χ1) is 10.2. The van der Waals surface area contributed by atoms with Gasteiger partial charge in [-0.3, -0.25) is 4.90 Å². The van der Waals surface area contributed by atoms with Crippen LogP contribution in [0.25, 0.3) is 0 Å². The molecule has 0 unspecified atom stereocenters. The van der Waals surface area contributed by atoms with Crippen molar-refractivity contribution < 1.29 is 9.50 Å². The smallest absolute Gasteiger partial charge is 0.137 e. The van der Waals surface area contributed by atoms with Crippen LogP contribution < -0.4 is 5.32 Å². The van der Waals surface area contributed by atoms with Gasteiger partial charge in [-0.05, 0) is 39.5 Å². The number of nitrogens with zero attached hydrogens (tertiary/aromatic N) is 1. The molecule has 0 saturated carbocycles. The van der Waals surface area contributed by atoms with Gasteiger partial charge in [0.1, 0.15) is 11.6 Å². The quantitative estimate of drug-likeness (QED) is 0.869. The lowest BCUT2D eigenvalue weighted by molar-refractivity contribution is 0.194. The fraction of sp³-hybridized carbons (Fsp3) is 0.333. The second-order valence-corrected chi connectivity index (χ2v) is 6.83. The van der Waals surface area contributed by atoms with E-state index in [1.807, 2.05) is 17.5 Å². The SMILES string of the molecule is Oc1c(Br)ccc(F)c1[C@H](c1cccs1)N1CCNCC1. The van der Waals surface area contributed by atoms with Crippen molar-refractivity contribution in [1.29, 1.82) is 0 Å². The zero-order valence-corrected chi connectivity index (χ0v) is 13.8. The van der Waals surface area contributed by atoms with Crippen LogP contribution in [0.4, 0.5) is 4.39 Å². The molecular formula is C15H16BrFN2OS. The predicted molar refractivity (Wildman–Crippen MR) is 86.4 cm³/mol. The molecule has 0 aliphatic carbocycles. The first-order valence-corrected chi connectivity index (χ1v) is 8.51. The van der Waals surface area contributed by atoms with Gasteiger partial charge >= 0.3 is 0 Å². The fourth-order valence-electron chi connectivity index (χ4n) is 2.71. The molecule has 0 spiro atoms. The van der Waals surface area contributed by atoms with Crippen LogP contribution in [0.2, 0.25) is 0 Å². The summed E-state index contributed by atoms with van der Waals surface area (Å²) < 4.78 is 14.9. The number of hydrogen-bond acceptors (Lipinski definition) is 4. The normalized spacial score (nSPS) is 17.8. The Morgan fingerprint density at radius 2 is 2.05 bits per heavy atom. The van der Waals surface area contributed by atoms with Gasteiger partial charge in [0.25, 0.3) is 0 Å². The number of aromatic hydroxyl groups is 1. The second kappa shape index (κ2) is 6.44. The average molecular weight is 371 g/mol. The second-order valence-electron chi connectivity index (χ2n) is 5.00. The summed E-state index contributed by atoms with van der Waals surface area (Å²) in [6.45, 7) is 3.40. The molecule has 1 aromatic heterocycles. The number of thiophene rings is 1. The van der Waals surface area contributed by atoms with Crippen molar-refractivity contribution in [3.63, 3.8) is 0 Å². The largest absolute Gasteiger partial charge is 0.506 e. The molecule has 21 heavy (non-hydrogen) atoms. The van der Waals surface area contributed by atoms with E-state index in [4.69, 9.17) is 0 Å². The van der Waals surface area contributed by atoms with Crippen molar-refractivity contribution in [2.24, 2.45) is 0 Å². The number of nitrogens with one attached hydrogen (secondary N) is 1. The van der Waals surface area contributed by atoms with Crippen molar-refractivity contribution in [3.05, 3.63) is 50.4 Å². The number of halogens is 2. The van der Waals surface area contributed by atoms with Gasteiger partial charge in [-0.1, -0.05) is 6.07 Å². The van der Waals surface area contributed by atoms with Crippen LogP contribution in [0.3, 0.4) is 0 Å². The van der Waals surface area contributed by atoms with Crippen LogP contribution in [-0.4, -0.2) is 36.2 Å². The molecule has 2 aromatic rings. The third kappa shape index (κ3) is 2.99. The van der Waals surface area contributed by atoms with E-state index in [1.165, 1.54) is 12.1 Å². The van der Waals surface area contributed by atoms with Gasteiger partial charge in [-0.2, -0.15) is 0 Å². The van der Waals surface area contributed by atoms with E-state index < -0.39 is 0 Å². The minimum Gasteiger partial charge on any atom is -0.506 e. The third-order valence-electron chi connectivity index (χ3n) is 3.72. The fourth-order valence-corrected chi connectivity index (χ4v) is 3.92. The lowest BCUT2D eigenvalue weighted by Gasteiger charge is -2.35. The van der Waals surface area contributed by atoms with Gasteiger partial charge in [-0.25, -0.2) is 4.39 Å². The molecule has 1 atom stereocenters. The Balaban J connectivity index is 2.09. The number of phenols is 1. The van der Waals surface area contributed by atoms with E-state index in [2.05, 4.69) is 26.1 Å². The van der Waals surface area contributed by atoms with Crippen LogP contribution in [0.5, 0.6) is 5.75 Å². The van der Waals surface area contributed by atoms with Crippen LogP contribution in [0, 0.1) is 5.82 Å². The van der Waals surface area contributed by atoms with E-state index in [0.29, 0.717) is 10.0 Å². The van der Waals surface area contributed by atoms with E-state index in [0.717, 1.165) is 31.1 Å². The summed E-state index contributed by atoms with van der Waals surface area (Å²) in [6, 6.07) is 6.66. The Morgan fingerprint density at radius 1 is 1.29 bits per heavy atom. The maximum atomic E-state index is 14.4. The van der Waals surface area contributed by atoms with Crippen LogP contribution in [0.1, 0.15) is 16.5 Å². The van der Waals surface area contributed by atoms with E-state index in [1.54, 1.807) is 11.3 Å². The number of piperazine rings is 1. The first kappa shape index (κ1) is 15.0. The van der Waals surface area contributed by atoms with Crippen molar-refractivity contribution in [1.82, 2.24) is 10.2 Å². The maximum absolute atomic E-state index is 14.4. The third-order valence-corrected chi connectivity index (χ3v) is 5.28. The molecule has 6 heteroatoms. The molecule has 0 radical (unpaired) electrons. The molecule has 2 N–H and O–H groups in total. The highest BCUT2D eigenvalue weighted by molar-refractivity contribution is 9.10. The molecule has 1 aliphatic heterocycles. The minimum absolute atomic E-state index is 0.00747. The monoisotopic (exact) mass is 370 g/mol. The molecule has 3 rings (SSSR count). The lowest BCUT2D eigenvalue weighted by atomic mass is 10.0. The summed E-state index contributed by atoms with van der Waals surface area (Å²) in [5.74, 6) is -0.375. The summed E-state index contributed by atoms with van der Waals surface area (Å²) >= 11 is 4.88. The Bertz CT molecular complexity index is 614. The number of benzene rings is 1. The number of phenolic OH excluding ortho intramolecular Hbond substituents is 1. The summed E-state index contributed by atoms with van der Waals surface area (Å²) in [4.78, 5) is 3.26. The Hall–Kier alpha value is -0.950. The molecule has 3 nitrogen and oxygen atoms in total.